The van der Waals surface area contributed by atoms with E-state index in [1.807, 2.05) is 0 Å². The van der Waals surface area contributed by atoms with Gasteiger partial charge in [-0.05, 0) is 6.92 Å². The number of halogens is 1. The largest absolute Gasteiger partial charge is 0.377 e. The number of carbonyl (C=O) groups is 3. The summed E-state index contributed by atoms with van der Waals surface area (Å²) in [6.45, 7) is 2.99. The number of amides is 4. The van der Waals surface area contributed by atoms with E-state index < -0.39 is 18.0 Å². The van der Waals surface area contributed by atoms with Crippen LogP contribution in [0.15, 0.2) is 0 Å². The molecule has 19 heavy (non-hydrogen) atoms. The van der Waals surface area contributed by atoms with Gasteiger partial charge in [0.05, 0.1) is 13.2 Å². The minimum absolute atomic E-state index is 0.0590. The lowest BCUT2D eigenvalue weighted by Crippen LogP contribution is -2.58. The smallest absolute Gasteiger partial charge is 0.324 e. The van der Waals surface area contributed by atoms with Gasteiger partial charge in [0, 0.05) is 25.4 Å². The van der Waals surface area contributed by atoms with E-state index in [-0.39, 0.29) is 31.4 Å². The van der Waals surface area contributed by atoms with E-state index in [0.717, 1.165) is 0 Å². The van der Waals surface area contributed by atoms with Gasteiger partial charge in [0.25, 0.3) is 0 Å². The Bertz CT molecular complexity index is 351. The summed E-state index contributed by atoms with van der Waals surface area (Å²) in [6, 6.07) is -1.30. The maximum Gasteiger partial charge on any atom is 0.324 e. The maximum atomic E-state index is 11.9. The van der Waals surface area contributed by atoms with Crippen LogP contribution in [0.5, 0.6) is 0 Å². The molecule has 1 saturated heterocycles. The molecule has 0 aromatic carbocycles. The molecule has 8 heteroatoms. The number of urea groups is 1. The number of likely N-dealkylation sites (N-methyl/N-ethyl adjacent to an activating group) is 1. The summed E-state index contributed by atoms with van der Waals surface area (Å²) in [5.74, 6) is -0.606. The number of nitrogens with zero attached hydrogens (tertiary/aromatic N) is 1. The first-order valence-electron chi connectivity index (χ1n) is 6.12. The zero-order valence-electron chi connectivity index (χ0n) is 10.8. The minimum atomic E-state index is -0.711. The number of imide groups is 1. The van der Waals surface area contributed by atoms with Crippen molar-refractivity contribution < 1.29 is 19.1 Å². The second-order valence-electron chi connectivity index (χ2n) is 3.97. The summed E-state index contributed by atoms with van der Waals surface area (Å²) in [5.41, 5.74) is 0. The zero-order valence-corrected chi connectivity index (χ0v) is 11.5. The standard InChI is InChI=1S/C11H18ClN3O4/c1-2-13-10(17)8-7-19-6-5-15(8)11(18)14-9(16)3-4-12/h8H,2-7H2,1H3,(H,13,17)(H,14,16,18). The van der Waals surface area contributed by atoms with E-state index in [0.29, 0.717) is 13.2 Å². The molecule has 0 aromatic rings. The Morgan fingerprint density at radius 3 is 2.79 bits per heavy atom. The number of rotatable bonds is 4. The highest BCUT2D eigenvalue weighted by atomic mass is 35.5. The normalized spacial score (nSPS) is 18.8. The molecule has 0 bridgehead atoms. The zero-order chi connectivity index (χ0) is 14.3. The molecule has 7 nitrogen and oxygen atoms in total. The molecule has 108 valence electrons. The highest BCUT2D eigenvalue weighted by Gasteiger charge is 2.33. The average molecular weight is 292 g/mol. The molecule has 1 atom stereocenters. The fourth-order valence-corrected chi connectivity index (χ4v) is 1.87. The Morgan fingerprint density at radius 2 is 2.16 bits per heavy atom. The van der Waals surface area contributed by atoms with Crippen molar-refractivity contribution >= 4 is 29.4 Å². The van der Waals surface area contributed by atoms with E-state index in [1.54, 1.807) is 6.92 Å². The monoisotopic (exact) mass is 291 g/mol. The van der Waals surface area contributed by atoms with Crippen LogP contribution in [-0.4, -0.2) is 61.0 Å². The fourth-order valence-electron chi connectivity index (χ4n) is 1.70. The third-order valence-corrected chi connectivity index (χ3v) is 2.80. The Labute approximate surface area is 116 Å². The van der Waals surface area contributed by atoms with Gasteiger partial charge in [-0.3, -0.25) is 14.9 Å². The van der Waals surface area contributed by atoms with Gasteiger partial charge in [-0.1, -0.05) is 0 Å². The van der Waals surface area contributed by atoms with Crippen molar-refractivity contribution in [3.8, 4) is 0 Å². The van der Waals surface area contributed by atoms with Gasteiger partial charge >= 0.3 is 6.03 Å². The molecule has 1 fully saturated rings. The van der Waals surface area contributed by atoms with Crippen LogP contribution in [0.25, 0.3) is 0 Å². The van der Waals surface area contributed by atoms with E-state index in [4.69, 9.17) is 16.3 Å². The van der Waals surface area contributed by atoms with Crippen LogP contribution >= 0.6 is 11.6 Å². The minimum Gasteiger partial charge on any atom is -0.377 e. The molecule has 0 spiro atoms. The van der Waals surface area contributed by atoms with Crippen LogP contribution in [0.2, 0.25) is 0 Å². The van der Waals surface area contributed by atoms with Crippen LogP contribution in [0.3, 0.4) is 0 Å². The van der Waals surface area contributed by atoms with Crippen molar-refractivity contribution in [3.63, 3.8) is 0 Å². The van der Waals surface area contributed by atoms with Crippen LogP contribution in [0.1, 0.15) is 13.3 Å². The molecule has 2 N–H and O–H groups in total. The van der Waals surface area contributed by atoms with Crippen LogP contribution in [-0.2, 0) is 14.3 Å². The highest BCUT2D eigenvalue weighted by molar-refractivity contribution is 6.19. The average Bonchev–Trinajstić information content (AvgIpc) is 2.39. The van der Waals surface area contributed by atoms with Crippen molar-refractivity contribution in [2.45, 2.75) is 19.4 Å². The van der Waals surface area contributed by atoms with Crippen molar-refractivity contribution in [2.75, 3.05) is 32.2 Å². The number of ether oxygens (including phenoxy) is 1. The molecular weight excluding hydrogens is 274 g/mol. The molecule has 0 aromatic heterocycles. The second kappa shape index (κ2) is 7.96. The van der Waals surface area contributed by atoms with Gasteiger partial charge in [-0.15, -0.1) is 11.6 Å². The lowest BCUT2D eigenvalue weighted by atomic mass is 10.2. The maximum absolute atomic E-state index is 11.9. The van der Waals surface area contributed by atoms with E-state index in [9.17, 15) is 14.4 Å². The predicted octanol–water partition coefficient (Wildman–Crippen LogP) is -0.312. The number of hydrogen-bond acceptors (Lipinski definition) is 4. The molecule has 1 heterocycles. The fraction of sp³-hybridized carbons (Fsp3) is 0.727. The molecule has 1 aliphatic rings. The quantitative estimate of drug-likeness (QED) is 0.696. The summed E-state index contributed by atoms with van der Waals surface area (Å²) < 4.78 is 5.19. The Hall–Kier alpha value is -1.34. The van der Waals surface area contributed by atoms with Gasteiger partial charge in [-0.25, -0.2) is 4.79 Å². The first-order valence-corrected chi connectivity index (χ1v) is 6.65. The molecule has 4 amide bonds. The Kier molecular flexibility index (Phi) is 6.58. The molecule has 0 saturated carbocycles. The molecule has 1 unspecified atom stereocenters. The molecule has 1 rings (SSSR count). The highest BCUT2D eigenvalue weighted by Crippen LogP contribution is 2.07. The van der Waals surface area contributed by atoms with Gasteiger partial charge in [0.2, 0.25) is 11.8 Å². The summed E-state index contributed by atoms with van der Waals surface area (Å²) in [5, 5.41) is 4.84. The summed E-state index contributed by atoms with van der Waals surface area (Å²) >= 11 is 5.42. The van der Waals surface area contributed by atoms with Gasteiger partial charge in [0.15, 0.2) is 0 Å². The molecule has 1 aliphatic heterocycles. The number of alkyl halides is 1. The number of carbonyl (C=O) groups excluding carboxylic acids is 3. The SMILES string of the molecule is CCNC(=O)C1COCCN1C(=O)NC(=O)CCCl. The van der Waals surface area contributed by atoms with E-state index in [2.05, 4.69) is 10.6 Å². The number of hydrogen-bond donors (Lipinski definition) is 2. The van der Waals surface area contributed by atoms with Crippen LogP contribution in [0, 0.1) is 0 Å². The topological polar surface area (TPSA) is 87.7 Å². The number of nitrogens with one attached hydrogen (secondary N) is 2. The van der Waals surface area contributed by atoms with Gasteiger partial charge in [-0.2, -0.15) is 0 Å². The summed E-state index contributed by atoms with van der Waals surface area (Å²) in [4.78, 5) is 36.4. The summed E-state index contributed by atoms with van der Waals surface area (Å²) in [7, 11) is 0. The van der Waals surface area contributed by atoms with Crippen molar-refractivity contribution in [2.24, 2.45) is 0 Å². The van der Waals surface area contributed by atoms with Gasteiger partial charge in [0.1, 0.15) is 6.04 Å². The van der Waals surface area contributed by atoms with Crippen molar-refractivity contribution in [3.05, 3.63) is 0 Å². The van der Waals surface area contributed by atoms with Crippen LogP contribution < -0.4 is 10.6 Å². The Morgan fingerprint density at radius 1 is 1.42 bits per heavy atom. The third-order valence-electron chi connectivity index (χ3n) is 2.61. The summed E-state index contributed by atoms with van der Waals surface area (Å²) in [6.07, 6.45) is 0.0590. The van der Waals surface area contributed by atoms with E-state index in [1.165, 1.54) is 4.90 Å². The molecular formula is C11H18ClN3O4. The van der Waals surface area contributed by atoms with Gasteiger partial charge < -0.3 is 15.0 Å². The molecule has 0 radical (unpaired) electrons. The molecule has 0 aliphatic carbocycles. The van der Waals surface area contributed by atoms with Crippen molar-refractivity contribution in [1.29, 1.82) is 0 Å². The lowest BCUT2D eigenvalue weighted by molar-refractivity contribution is -0.131. The van der Waals surface area contributed by atoms with E-state index >= 15 is 0 Å². The predicted molar refractivity (Wildman–Crippen MR) is 68.9 cm³/mol. The first kappa shape index (κ1) is 15.7. The van der Waals surface area contributed by atoms with Crippen LogP contribution in [0.4, 0.5) is 4.79 Å². The third kappa shape index (κ3) is 4.68. The van der Waals surface area contributed by atoms with Crippen molar-refractivity contribution in [1.82, 2.24) is 15.5 Å². The number of morpholine rings is 1. The first-order chi connectivity index (χ1) is 9.10. The second-order valence-corrected chi connectivity index (χ2v) is 4.35. The Balaban J connectivity index is 2.63. The lowest BCUT2D eigenvalue weighted by Gasteiger charge is -2.34.